The summed E-state index contributed by atoms with van der Waals surface area (Å²) in [5.41, 5.74) is 5.54. The molecule has 1 atom stereocenters. The van der Waals surface area contributed by atoms with Crippen LogP contribution in [0.25, 0.3) is 0 Å². The fraction of sp³-hybridized carbons (Fsp3) is 0.300. The van der Waals surface area contributed by atoms with Crippen molar-refractivity contribution in [2.24, 2.45) is 5.73 Å². The molecule has 0 radical (unpaired) electrons. The zero-order chi connectivity index (χ0) is 13.9. The molecule has 3 N–H and O–H groups in total. The molecule has 0 spiro atoms. The van der Waals surface area contributed by atoms with Crippen molar-refractivity contribution < 1.29 is 17.2 Å². The van der Waals surface area contributed by atoms with Gasteiger partial charge >= 0.3 is 0 Å². The Kier molecular flexibility index (Phi) is 4.71. The maximum absolute atomic E-state index is 12.9. The molecule has 0 aliphatic heterocycles. The number of benzene rings is 1. The normalized spacial score (nSPS) is 13.3. The molecule has 0 amide bonds. The first-order valence-corrected chi connectivity index (χ1v) is 6.91. The van der Waals surface area contributed by atoms with Crippen LogP contribution in [0.2, 0.25) is 0 Å². The van der Waals surface area contributed by atoms with E-state index >= 15 is 0 Å². The lowest BCUT2D eigenvalue weighted by Crippen LogP contribution is -2.39. The van der Waals surface area contributed by atoms with Crippen LogP contribution in [0.3, 0.4) is 0 Å². The quantitative estimate of drug-likeness (QED) is 0.797. The maximum Gasteiger partial charge on any atom is 0.221 e. The summed E-state index contributed by atoms with van der Waals surface area (Å²) in [7, 11) is -3.71. The number of hydrogen-bond acceptors (Lipinski definition) is 3. The molecule has 1 aromatic carbocycles. The second-order valence-electron chi connectivity index (χ2n) is 3.66. The third kappa shape index (κ3) is 3.69. The lowest BCUT2D eigenvalue weighted by atomic mass is 10.2. The molecule has 4 nitrogen and oxygen atoms in total. The Morgan fingerprint density at radius 2 is 2.06 bits per heavy atom. The van der Waals surface area contributed by atoms with E-state index in [4.69, 9.17) is 5.73 Å². The minimum atomic E-state index is -3.71. The minimum absolute atomic E-state index is 0.159. The summed E-state index contributed by atoms with van der Waals surface area (Å²) in [4.78, 5) is -0.159. The smallest absolute Gasteiger partial charge is 0.221 e. The highest BCUT2D eigenvalue weighted by Gasteiger charge is 2.22. The van der Waals surface area contributed by atoms with Gasteiger partial charge < -0.3 is 5.73 Å². The number of hydrogen-bond donors (Lipinski definition) is 2. The van der Waals surface area contributed by atoms with Crippen LogP contribution in [0.4, 0.5) is 8.78 Å². The van der Waals surface area contributed by atoms with E-state index in [1.54, 1.807) is 0 Å². The number of sulfonamides is 1. The van der Waals surface area contributed by atoms with Crippen LogP contribution in [0.15, 0.2) is 18.2 Å². The molecule has 0 aromatic heterocycles. The third-order valence-corrected chi connectivity index (χ3v) is 4.56. The first-order chi connectivity index (χ1) is 8.24. The second kappa shape index (κ2) is 5.68. The lowest BCUT2D eigenvalue weighted by Gasteiger charge is -2.12. The molecule has 0 aliphatic rings. The van der Waals surface area contributed by atoms with Gasteiger partial charge in [-0.25, -0.2) is 21.9 Å². The zero-order valence-corrected chi connectivity index (χ0v) is 11.1. The molecule has 1 aromatic rings. The summed E-state index contributed by atoms with van der Waals surface area (Å²) in [6.07, 6.45) is 0. The highest BCUT2D eigenvalue weighted by atomic mass is 32.2. The van der Waals surface area contributed by atoms with Crippen molar-refractivity contribution in [3.05, 3.63) is 35.4 Å². The summed E-state index contributed by atoms with van der Waals surface area (Å²) >= 11 is 4.58. The third-order valence-electron chi connectivity index (χ3n) is 2.33. The Hall–Kier alpha value is -1.12. The Morgan fingerprint density at radius 1 is 1.44 bits per heavy atom. The van der Waals surface area contributed by atoms with Crippen LogP contribution >= 0.6 is 12.2 Å². The van der Waals surface area contributed by atoms with E-state index in [0.29, 0.717) is 5.56 Å². The van der Waals surface area contributed by atoms with Crippen LogP contribution in [0.1, 0.15) is 12.5 Å². The Morgan fingerprint density at radius 3 is 2.56 bits per heavy atom. The lowest BCUT2D eigenvalue weighted by molar-refractivity contribution is 0.506. The summed E-state index contributed by atoms with van der Waals surface area (Å²) in [6, 6.07) is 3.13. The monoisotopic (exact) mass is 294 g/mol. The molecule has 0 bridgehead atoms. The number of nitrogens with two attached hydrogens (primary N) is 1. The first-order valence-electron chi connectivity index (χ1n) is 4.96. The molecule has 0 fully saturated rings. The van der Waals surface area contributed by atoms with Crippen molar-refractivity contribution in [3.63, 3.8) is 0 Å². The van der Waals surface area contributed by atoms with Crippen LogP contribution in [0, 0.1) is 11.6 Å². The zero-order valence-electron chi connectivity index (χ0n) is 9.48. The largest absolute Gasteiger partial charge is 0.392 e. The molecular formula is C10H12F2N2O2S2. The standard InChI is InChI=1S/C10H12F2N2O2S2/c1-6(10(13)17)18(15,16)14-5-7-2-3-8(11)9(12)4-7/h2-4,6,14H,5H2,1H3,(H2,13,17). The fourth-order valence-electron chi connectivity index (χ4n) is 1.11. The molecule has 8 heteroatoms. The van der Waals surface area contributed by atoms with Gasteiger partial charge in [-0.2, -0.15) is 0 Å². The molecule has 0 aliphatic carbocycles. The molecule has 0 saturated carbocycles. The van der Waals surface area contributed by atoms with Gasteiger partial charge in [-0.15, -0.1) is 0 Å². The second-order valence-corrected chi connectivity index (χ2v) is 6.22. The van der Waals surface area contributed by atoms with Gasteiger partial charge in [-0.05, 0) is 24.6 Å². The van der Waals surface area contributed by atoms with E-state index in [0.717, 1.165) is 12.1 Å². The summed E-state index contributed by atoms with van der Waals surface area (Å²) < 4.78 is 51.1. The van der Waals surface area contributed by atoms with E-state index in [9.17, 15) is 17.2 Å². The average Bonchev–Trinajstić information content (AvgIpc) is 2.29. The molecule has 1 unspecified atom stereocenters. The van der Waals surface area contributed by atoms with Crippen molar-refractivity contribution in [1.82, 2.24) is 4.72 Å². The summed E-state index contributed by atoms with van der Waals surface area (Å²) in [6.45, 7) is 1.18. The minimum Gasteiger partial charge on any atom is -0.392 e. The Balaban J connectivity index is 2.76. The molecule has 0 heterocycles. The predicted molar refractivity (Wildman–Crippen MR) is 68.4 cm³/mol. The van der Waals surface area contributed by atoms with Crippen LogP contribution in [-0.4, -0.2) is 18.7 Å². The average molecular weight is 294 g/mol. The van der Waals surface area contributed by atoms with E-state index < -0.39 is 26.9 Å². The summed E-state index contributed by atoms with van der Waals surface area (Å²) in [5, 5.41) is -1.03. The number of nitrogens with one attached hydrogen (secondary N) is 1. The topological polar surface area (TPSA) is 72.2 Å². The highest BCUT2D eigenvalue weighted by molar-refractivity contribution is 7.93. The van der Waals surface area contributed by atoms with Gasteiger partial charge in [0.25, 0.3) is 0 Å². The number of rotatable bonds is 5. The molecule has 0 saturated heterocycles. The summed E-state index contributed by atoms with van der Waals surface area (Å²) in [5.74, 6) is -2.02. The fourth-order valence-corrected chi connectivity index (χ4v) is 2.42. The van der Waals surface area contributed by atoms with Crippen LogP contribution in [-0.2, 0) is 16.6 Å². The first kappa shape index (κ1) is 14.9. The Bertz CT molecular complexity index is 561. The van der Waals surface area contributed by atoms with Gasteiger partial charge in [0, 0.05) is 6.54 Å². The molecular weight excluding hydrogens is 282 g/mol. The SMILES string of the molecule is CC(C(N)=S)S(=O)(=O)NCc1ccc(F)c(F)c1. The number of thiocarbonyl (C=S) groups is 1. The molecule has 100 valence electrons. The predicted octanol–water partition coefficient (Wildman–Crippen LogP) is 1.06. The van der Waals surface area contributed by atoms with Gasteiger partial charge in [0.05, 0.1) is 4.99 Å². The van der Waals surface area contributed by atoms with Crippen molar-refractivity contribution >= 4 is 27.2 Å². The van der Waals surface area contributed by atoms with E-state index in [1.807, 2.05) is 0 Å². The van der Waals surface area contributed by atoms with Gasteiger partial charge in [0.1, 0.15) is 5.25 Å². The van der Waals surface area contributed by atoms with Crippen LogP contribution in [0.5, 0.6) is 0 Å². The van der Waals surface area contributed by atoms with Gasteiger partial charge in [-0.1, -0.05) is 18.3 Å². The van der Waals surface area contributed by atoms with E-state index in [-0.39, 0.29) is 11.5 Å². The Labute approximate surface area is 109 Å². The van der Waals surface area contributed by atoms with Crippen LogP contribution < -0.4 is 10.5 Å². The highest BCUT2D eigenvalue weighted by Crippen LogP contribution is 2.09. The van der Waals surface area contributed by atoms with Gasteiger partial charge in [-0.3, -0.25) is 0 Å². The maximum atomic E-state index is 12.9. The number of halogens is 2. The molecule has 1 rings (SSSR count). The van der Waals surface area contributed by atoms with Gasteiger partial charge in [0.15, 0.2) is 11.6 Å². The van der Waals surface area contributed by atoms with Gasteiger partial charge in [0.2, 0.25) is 10.0 Å². The van der Waals surface area contributed by atoms with E-state index in [2.05, 4.69) is 16.9 Å². The van der Waals surface area contributed by atoms with Crippen molar-refractivity contribution in [2.45, 2.75) is 18.7 Å². The van der Waals surface area contributed by atoms with Crippen molar-refractivity contribution in [3.8, 4) is 0 Å². The molecule has 18 heavy (non-hydrogen) atoms. The van der Waals surface area contributed by atoms with Crippen molar-refractivity contribution in [1.29, 1.82) is 0 Å². The van der Waals surface area contributed by atoms with E-state index in [1.165, 1.54) is 13.0 Å². The van der Waals surface area contributed by atoms with Crippen molar-refractivity contribution in [2.75, 3.05) is 0 Å².